The maximum atomic E-state index is 12.4. The molecule has 1 heterocycles. The number of fused-ring (bicyclic) bond motifs is 1. The summed E-state index contributed by atoms with van der Waals surface area (Å²) in [6, 6.07) is 14.3. The zero-order chi connectivity index (χ0) is 19.4. The minimum Gasteiger partial charge on any atom is -0.473 e. The van der Waals surface area contributed by atoms with Crippen LogP contribution in [0.5, 0.6) is 5.75 Å². The molecule has 0 aliphatic rings. The first-order chi connectivity index (χ1) is 13.0. The molecule has 0 aliphatic heterocycles. The average Bonchev–Trinajstić information content (AvgIpc) is 2.65. The third-order valence-corrected chi connectivity index (χ3v) is 4.32. The van der Waals surface area contributed by atoms with Crippen molar-refractivity contribution < 1.29 is 18.7 Å². The molecule has 0 saturated heterocycles. The van der Waals surface area contributed by atoms with Gasteiger partial charge in [-0.15, -0.1) is 0 Å². The van der Waals surface area contributed by atoms with E-state index in [9.17, 15) is 9.59 Å². The van der Waals surface area contributed by atoms with Crippen LogP contribution >= 0.6 is 0 Å². The minimum absolute atomic E-state index is 0.393. The van der Waals surface area contributed by atoms with Gasteiger partial charge in [-0.2, -0.15) is 0 Å². The van der Waals surface area contributed by atoms with E-state index in [1.165, 1.54) is 13.2 Å². The molecule has 140 valence electrons. The Labute approximate surface area is 157 Å². The van der Waals surface area contributed by atoms with E-state index in [1.807, 2.05) is 50.2 Å². The summed E-state index contributed by atoms with van der Waals surface area (Å²) in [6.45, 7) is 3.92. The number of aryl methyl sites for hydroxylation is 2. The maximum Gasteiger partial charge on any atom is 0.351 e. The number of carbonyl (C=O) groups excluding carboxylic acids is 1. The van der Waals surface area contributed by atoms with Crippen LogP contribution in [0.2, 0.25) is 0 Å². The highest BCUT2D eigenvalue weighted by atomic mass is 16.6. The molecule has 0 N–H and O–H groups in total. The molecule has 1 atom stereocenters. The Hall–Kier alpha value is -3.08. The van der Waals surface area contributed by atoms with Gasteiger partial charge in [0, 0.05) is 11.6 Å². The molecular weight excluding hydrogens is 344 g/mol. The lowest BCUT2D eigenvalue weighted by molar-refractivity contribution is -0.149. The second-order valence-electron chi connectivity index (χ2n) is 6.41. The minimum atomic E-state index is -0.914. The lowest BCUT2D eigenvalue weighted by Crippen LogP contribution is -2.20. The van der Waals surface area contributed by atoms with Crippen LogP contribution in [0.1, 0.15) is 36.1 Å². The number of esters is 1. The van der Waals surface area contributed by atoms with E-state index in [2.05, 4.69) is 0 Å². The van der Waals surface area contributed by atoms with Gasteiger partial charge in [-0.25, -0.2) is 9.59 Å². The highest BCUT2D eigenvalue weighted by Crippen LogP contribution is 2.34. The zero-order valence-electron chi connectivity index (χ0n) is 15.7. The van der Waals surface area contributed by atoms with Gasteiger partial charge in [-0.05, 0) is 36.6 Å². The standard InChI is InChI=1S/C22H22O5/c1-4-8-16-13-19(23)26-17-11-14(2)12-18(20(16)17)27-21(22(24)25-3)15-9-6-5-7-10-15/h5-7,9-13,21H,4,8H2,1-3H3/t21-/m0/s1. The Balaban J connectivity index is 2.17. The molecule has 1 aromatic heterocycles. The molecule has 2 aromatic carbocycles. The van der Waals surface area contributed by atoms with Crippen molar-refractivity contribution in [2.45, 2.75) is 32.8 Å². The van der Waals surface area contributed by atoms with E-state index in [1.54, 1.807) is 6.07 Å². The van der Waals surface area contributed by atoms with Crippen molar-refractivity contribution in [3.8, 4) is 5.75 Å². The molecule has 3 aromatic rings. The molecule has 5 heteroatoms. The van der Waals surface area contributed by atoms with E-state index in [-0.39, 0.29) is 0 Å². The first kappa shape index (κ1) is 18.7. The molecule has 3 rings (SSSR count). The van der Waals surface area contributed by atoms with Gasteiger partial charge in [0.05, 0.1) is 12.5 Å². The zero-order valence-corrected chi connectivity index (χ0v) is 15.7. The predicted molar refractivity (Wildman–Crippen MR) is 103 cm³/mol. The highest BCUT2D eigenvalue weighted by Gasteiger charge is 2.25. The van der Waals surface area contributed by atoms with Crippen molar-refractivity contribution in [1.29, 1.82) is 0 Å². The van der Waals surface area contributed by atoms with E-state index in [0.717, 1.165) is 17.5 Å². The molecule has 0 aliphatic carbocycles. The van der Waals surface area contributed by atoms with Crippen LogP contribution in [0.4, 0.5) is 0 Å². The van der Waals surface area contributed by atoms with Crippen molar-refractivity contribution in [3.63, 3.8) is 0 Å². The summed E-state index contributed by atoms with van der Waals surface area (Å²) in [5, 5.41) is 0.715. The van der Waals surface area contributed by atoms with Crippen molar-refractivity contribution in [2.24, 2.45) is 0 Å². The molecular formula is C22H22O5. The third kappa shape index (κ3) is 4.03. The largest absolute Gasteiger partial charge is 0.473 e. The molecule has 0 spiro atoms. The summed E-state index contributed by atoms with van der Waals surface area (Å²) >= 11 is 0. The fraction of sp³-hybridized carbons (Fsp3) is 0.273. The van der Waals surface area contributed by atoms with Crippen LogP contribution in [0, 0.1) is 6.92 Å². The van der Waals surface area contributed by atoms with Gasteiger partial charge in [-0.3, -0.25) is 0 Å². The number of carbonyl (C=O) groups is 1. The van der Waals surface area contributed by atoms with Crippen LogP contribution in [-0.4, -0.2) is 13.1 Å². The van der Waals surface area contributed by atoms with Crippen molar-refractivity contribution in [2.75, 3.05) is 7.11 Å². The summed E-state index contributed by atoms with van der Waals surface area (Å²) in [4.78, 5) is 24.3. The fourth-order valence-corrected chi connectivity index (χ4v) is 3.14. The van der Waals surface area contributed by atoms with Crippen LogP contribution < -0.4 is 10.4 Å². The van der Waals surface area contributed by atoms with Crippen molar-refractivity contribution in [3.05, 3.63) is 75.6 Å². The lowest BCUT2D eigenvalue weighted by Gasteiger charge is -2.19. The van der Waals surface area contributed by atoms with Gasteiger partial charge >= 0.3 is 11.6 Å². The molecule has 0 bridgehead atoms. The topological polar surface area (TPSA) is 65.7 Å². The second-order valence-corrected chi connectivity index (χ2v) is 6.41. The van der Waals surface area contributed by atoms with Crippen LogP contribution in [0.15, 0.2) is 57.7 Å². The lowest BCUT2D eigenvalue weighted by atomic mass is 10.0. The Morgan fingerprint density at radius 1 is 1.15 bits per heavy atom. The number of methoxy groups -OCH3 is 1. The molecule has 5 nitrogen and oxygen atoms in total. The molecule has 0 amide bonds. The van der Waals surface area contributed by atoms with Gasteiger partial charge in [0.2, 0.25) is 6.10 Å². The smallest absolute Gasteiger partial charge is 0.351 e. The molecule has 27 heavy (non-hydrogen) atoms. The molecule has 0 radical (unpaired) electrons. The van der Waals surface area contributed by atoms with E-state index in [4.69, 9.17) is 13.9 Å². The van der Waals surface area contributed by atoms with E-state index < -0.39 is 17.7 Å². The van der Waals surface area contributed by atoms with Crippen LogP contribution in [-0.2, 0) is 16.0 Å². The number of benzene rings is 2. The first-order valence-corrected chi connectivity index (χ1v) is 8.90. The fourth-order valence-electron chi connectivity index (χ4n) is 3.14. The van der Waals surface area contributed by atoms with Gasteiger partial charge in [0.25, 0.3) is 0 Å². The summed E-state index contributed by atoms with van der Waals surface area (Å²) in [7, 11) is 1.33. The van der Waals surface area contributed by atoms with Gasteiger partial charge in [0.1, 0.15) is 11.3 Å². The van der Waals surface area contributed by atoms with Gasteiger partial charge in [-0.1, -0.05) is 43.7 Å². The number of hydrogen-bond donors (Lipinski definition) is 0. The Kier molecular flexibility index (Phi) is 5.60. The average molecular weight is 366 g/mol. The van der Waals surface area contributed by atoms with Gasteiger partial charge < -0.3 is 13.9 Å². The quantitative estimate of drug-likeness (QED) is 0.479. The maximum absolute atomic E-state index is 12.4. The number of rotatable bonds is 6. The molecule has 0 saturated carbocycles. The van der Waals surface area contributed by atoms with E-state index >= 15 is 0 Å². The number of hydrogen-bond acceptors (Lipinski definition) is 5. The molecule has 0 fully saturated rings. The Bertz CT molecular complexity index is 1000. The predicted octanol–water partition coefficient (Wildman–Crippen LogP) is 4.35. The van der Waals surface area contributed by atoms with Crippen molar-refractivity contribution in [1.82, 2.24) is 0 Å². The van der Waals surface area contributed by atoms with Crippen molar-refractivity contribution >= 4 is 16.9 Å². The monoisotopic (exact) mass is 366 g/mol. The van der Waals surface area contributed by atoms with Crippen LogP contribution in [0.25, 0.3) is 11.0 Å². The summed E-state index contributed by atoms with van der Waals surface area (Å²) in [5.41, 5.74) is 2.46. The van der Waals surface area contributed by atoms with Gasteiger partial charge in [0.15, 0.2) is 0 Å². The normalized spacial score (nSPS) is 12.0. The first-order valence-electron chi connectivity index (χ1n) is 8.90. The highest BCUT2D eigenvalue weighted by molar-refractivity contribution is 5.88. The molecule has 0 unspecified atom stereocenters. The Morgan fingerprint density at radius 2 is 1.89 bits per heavy atom. The Morgan fingerprint density at radius 3 is 2.56 bits per heavy atom. The number of ether oxygens (including phenoxy) is 2. The SMILES string of the molecule is CCCc1cc(=O)oc2cc(C)cc(O[C@H](C(=O)OC)c3ccccc3)c12. The summed E-state index contributed by atoms with van der Waals surface area (Å²) in [6.07, 6.45) is 0.656. The van der Waals surface area contributed by atoms with Crippen LogP contribution in [0.3, 0.4) is 0 Å². The third-order valence-electron chi connectivity index (χ3n) is 4.32. The second kappa shape index (κ2) is 8.08. The summed E-state index contributed by atoms with van der Waals surface area (Å²) < 4.78 is 16.5. The van der Waals surface area contributed by atoms with E-state index in [0.29, 0.717) is 28.7 Å². The summed E-state index contributed by atoms with van der Waals surface area (Å²) in [5.74, 6) is 0.00161.